The minimum Gasteiger partial charge on any atom is -0.359 e. The third-order valence-electron chi connectivity index (χ3n) is 2.09. The molecule has 0 saturated carbocycles. The molecule has 0 unspecified atom stereocenters. The summed E-state index contributed by atoms with van der Waals surface area (Å²) < 4.78 is 0. The first-order valence-electron chi connectivity index (χ1n) is 8.51. The zero-order valence-electron chi connectivity index (χ0n) is 17.2. The minimum absolute atomic E-state index is 0. The van der Waals surface area contributed by atoms with E-state index in [0.29, 0.717) is 6.42 Å². The zero-order valence-corrected chi connectivity index (χ0v) is 20.1. The number of amides is 1. The molecule has 2 aromatic carbocycles. The Kier molecular flexibility index (Phi) is 53.3. The number of rotatable bonds is 2. The van der Waals surface area contributed by atoms with E-state index < -0.39 is 0 Å². The van der Waals surface area contributed by atoms with Crippen LogP contribution in [0.2, 0.25) is 0 Å². The predicted octanol–water partition coefficient (Wildman–Crippen LogP) is 6.41. The van der Waals surface area contributed by atoms with Crippen molar-refractivity contribution in [2.75, 3.05) is 7.05 Å². The predicted molar refractivity (Wildman–Crippen MR) is 111 cm³/mol. The molecule has 25 heavy (non-hydrogen) atoms. The third kappa shape index (κ3) is 39.4. The van der Waals surface area contributed by atoms with Gasteiger partial charge in [-0.3, -0.25) is 4.79 Å². The fraction of sp³-hybridized carbons (Fsp3) is 0.364. The van der Waals surface area contributed by atoms with Gasteiger partial charge in [-0.1, -0.05) is 107 Å². The summed E-state index contributed by atoms with van der Waals surface area (Å²) in [6.07, 6.45) is 1.58. The van der Waals surface area contributed by atoms with Crippen molar-refractivity contribution in [3.8, 4) is 0 Å². The van der Waals surface area contributed by atoms with Gasteiger partial charge < -0.3 is 12.7 Å². The normalized spacial score (nSPS) is 6.64. The van der Waals surface area contributed by atoms with Crippen LogP contribution in [0.5, 0.6) is 0 Å². The Labute approximate surface area is 171 Å². The average molecular weight is 516 g/mol. The van der Waals surface area contributed by atoms with Crippen LogP contribution in [0.15, 0.2) is 72.8 Å². The summed E-state index contributed by atoms with van der Waals surface area (Å²) in [4.78, 5) is 10.3. The van der Waals surface area contributed by atoms with Gasteiger partial charge >= 0.3 is 0 Å². The Hall–Kier alpha value is -1.40. The fourth-order valence-electron chi connectivity index (χ4n) is 1.12. The Morgan fingerprint density at radius 3 is 0.960 bits per heavy atom. The van der Waals surface area contributed by atoms with Crippen LogP contribution < -0.4 is 5.32 Å². The van der Waals surface area contributed by atoms with Gasteiger partial charge in [0.2, 0.25) is 5.91 Å². The van der Waals surface area contributed by atoms with Gasteiger partial charge in [0.15, 0.2) is 0 Å². The second-order valence-corrected chi connectivity index (χ2v) is 3.73. The second-order valence-electron chi connectivity index (χ2n) is 3.73. The Morgan fingerprint density at radius 1 is 0.680 bits per heavy atom. The van der Waals surface area contributed by atoms with Crippen molar-refractivity contribution >= 4 is 5.91 Å². The van der Waals surface area contributed by atoms with Gasteiger partial charge in [0.25, 0.3) is 0 Å². The fourth-order valence-corrected chi connectivity index (χ4v) is 1.12. The third-order valence-corrected chi connectivity index (χ3v) is 2.09. The molecule has 0 aromatic heterocycles. The molecule has 0 saturated heterocycles. The summed E-state index contributed by atoms with van der Waals surface area (Å²) in [5.41, 5.74) is 0. The molecule has 1 N–H and O–H groups in total. The van der Waals surface area contributed by atoms with Crippen LogP contribution in [0.25, 0.3) is 0 Å². The minimum atomic E-state index is 0. The van der Waals surface area contributed by atoms with Crippen molar-refractivity contribution in [2.24, 2.45) is 0 Å². The summed E-state index contributed by atoms with van der Waals surface area (Å²) in [6, 6.07) is 24.0. The number of carbonyl (C=O) groups is 1. The van der Waals surface area contributed by atoms with Crippen LogP contribution in [0.1, 0.15) is 47.5 Å². The summed E-state index contributed by atoms with van der Waals surface area (Å²) in [5.74, 6) is 0.127. The standard InChI is InChI=1S/2C6H6.C5H11NO.2C2H6.CH3.W/c2*1-2-4-6-5-3-1;1-3-4-5(7)6-2;2*1-2;;/h2*1-6H;3-4H2,1-2H3,(H,6,7);2*1-2H3;1H3;/q;;;;;-1;. The van der Waals surface area contributed by atoms with Gasteiger partial charge in [-0.05, 0) is 6.42 Å². The first kappa shape index (κ1) is 34.8. The van der Waals surface area contributed by atoms with Crippen LogP contribution in [0.4, 0.5) is 0 Å². The molecule has 2 aromatic rings. The first-order chi connectivity index (χ1) is 11.3. The van der Waals surface area contributed by atoms with Crippen molar-refractivity contribution in [3.05, 3.63) is 80.2 Å². The van der Waals surface area contributed by atoms with Crippen LogP contribution in [-0.2, 0) is 25.9 Å². The smallest absolute Gasteiger partial charge is 0.219 e. The molecule has 0 aliphatic rings. The maximum atomic E-state index is 10.3. The van der Waals surface area contributed by atoms with Gasteiger partial charge in [0, 0.05) is 34.5 Å². The summed E-state index contributed by atoms with van der Waals surface area (Å²) in [5, 5.41) is 2.53. The average Bonchev–Trinajstić information content (AvgIpc) is 2.69. The summed E-state index contributed by atoms with van der Waals surface area (Å²) >= 11 is 0. The monoisotopic (exact) mass is 516 g/mol. The van der Waals surface area contributed by atoms with E-state index in [1.54, 1.807) is 7.05 Å². The van der Waals surface area contributed by atoms with E-state index in [1.807, 2.05) is 107 Å². The number of hydrogen-bond donors (Lipinski definition) is 1. The van der Waals surface area contributed by atoms with Crippen molar-refractivity contribution in [1.29, 1.82) is 0 Å². The molecule has 3 heteroatoms. The number of hydrogen-bond acceptors (Lipinski definition) is 1. The molecule has 0 aliphatic heterocycles. The molecule has 0 spiro atoms. The largest absolute Gasteiger partial charge is 0.359 e. The van der Waals surface area contributed by atoms with E-state index in [2.05, 4.69) is 5.32 Å². The molecular weight excluding hydrogens is 478 g/mol. The van der Waals surface area contributed by atoms with Crippen molar-refractivity contribution in [2.45, 2.75) is 47.5 Å². The molecule has 0 aliphatic carbocycles. The van der Waals surface area contributed by atoms with E-state index in [0.717, 1.165) is 6.42 Å². The Bertz CT molecular complexity index is 308. The van der Waals surface area contributed by atoms with E-state index in [1.165, 1.54) is 0 Å². The molecule has 2 nitrogen and oxygen atoms in total. The first-order valence-corrected chi connectivity index (χ1v) is 8.51. The van der Waals surface area contributed by atoms with E-state index in [-0.39, 0.29) is 34.4 Å². The molecule has 0 heterocycles. The topological polar surface area (TPSA) is 29.1 Å². The van der Waals surface area contributed by atoms with Crippen molar-refractivity contribution in [3.63, 3.8) is 0 Å². The number of benzene rings is 2. The molecule has 0 fully saturated rings. The summed E-state index contributed by atoms with van der Waals surface area (Å²) in [7, 11) is 1.65. The van der Waals surface area contributed by atoms with Crippen LogP contribution in [-0.4, -0.2) is 13.0 Å². The van der Waals surface area contributed by atoms with Gasteiger partial charge in [0.05, 0.1) is 0 Å². The number of nitrogens with one attached hydrogen (secondary N) is 1. The quantitative estimate of drug-likeness (QED) is 0.460. The van der Waals surface area contributed by atoms with Gasteiger partial charge in [-0.15, -0.1) is 0 Å². The molecule has 0 atom stereocenters. The maximum Gasteiger partial charge on any atom is 0.219 e. The Morgan fingerprint density at radius 2 is 0.880 bits per heavy atom. The molecule has 1 amide bonds. The van der Waals surface area contributed by atoms with E-state index >= 15 is 0 Å². The molecule has 144 valence electrons. The van der Waals surface area contributed by atoms with Gasteiger partial charge in [-0.25, -0.2) is 0 Å². The summed E-state index contributed by atoms with van der Waals surface area (Å²) in [6.45, 7) is 9.98. The number of carbonyl (C=O) groups excluding carboxylic acids is 1. The second kappa shape index (κ2) is 38.3. The van der Waals surface area contributed by atoms with E-state index in [4.69, 9.17) is 0 Å². The van der Waals surface area contributed by atoms with Crippen molar-refractivity contribution < 1.29 is 25.9 Å². The molecule has 0 bridgehead atoms. The van der Waals surface area contributed by atoms with Crippen molar-refractivity contribution in [1.82, 2.24) is 5.32 Å². The van der Waals surface area contributed by atoms with E-state index in [9.17, 15) is 4.79 Å². The van der Waals surface area contributed by atoms with Gasteiger partial charge in [-0.2, -0.15) is 0 Å². The maximum absolute atomic E-state index is 10.3. The molecule has 0 radical (unpaired) electrons. The molecular formula is C22H38NOW-. The Balaban J connectivity index is -0.0000000701. The van der Waals surface area contributed by atoms with Crippen LogP contribution in [0.3, 0.4) is 0 Å². The molecule has 2 rings (SSSR count). The van der Waals surface area contributed by atoms with Crippen LogP contribution in [0, 0.1) is 7.43 Å². The zero-order chi connectivity index (χ0) is 18.2. The SMILES string of the molecule is CC.CC.CCCC(=O)NC.[CH3-].[W].c1ccccc1.c1ccccc1. The van der Waals surface area contributed by atoms with Gasteiger partial charge in [0.1, 0.15) is 0 Å². The van der Waals surface area contributed by atoms with Crippen LogP contribution >= 0.6 is 0 Å².